The Balaban J connectivity index is 2.29. The van der Waals surface area contributed by atoms with Crippen LogP contribution >= 0.6 is 15.9 Å². The van der Waals surface area contributed by atoms with Crippen LogP contribution in [0.3, 0.4) is 0 Å². The van der Waals surface area contributed by atoms with E-state index in [0.29, 0.717) is 0 Å². The van der Waals surface area contributed by atoms with Gasteiger partial charge in [-0.25, -0.2) is 9.97 Å². The molecule has 0 N–H and O–H groups in total. The molecule has 3 heterocycles. The van der Waals surface area contributed by atoms with Crippen molar-refractivity contribution in [3.8, 4) is 0 Å². The van der Waals surface area contributed by atoms with E-state index < -0.39 is 0 Å². The van der Waals surface area contributed by atoms with Gasteiger partial charge in [0.05, 0.1) is 11.4 Å². The van der Waals surface area contributed by atoms with Crippen molar-refractivity contribution in [3.05, 3.63) is 35.1 Å². The summed E-state index contributed by atoms with van der Waals surface area (Å²) in [5.74, 6) is 1.83. The van der Waals surface area contributed by atoms with Crippen LogP contribution in [-0.2, 0) is 0 Å². The van der Waals surface area contributed by atoms with Gasteiger partial charge in [0.2, 0.25) is 0 Å². The van der Waals surface area contributed by atoms with Gasteiger partial charge in [-0.15, -0.1) is 0 Å². The maximum atomic E-state index is 4.42. The van der Waals surface area contributed by atoms with Gasteiger partial charge in [-0.05, 0) is 34.1 Å². The largest absolute Gasteiger partial charge is 0.338 e. The lowest BCUT2D eigenvalue weighted by atomic mass is 10.2. The highest BCUT2D eigenvalue weighted by atomic mass is 79.9. The minimum Gasteiger partial charge on any atom is -0.338 e. The molecule has 17 heavy (non-hydrogen) atoms. The fourth-order valence-electron chi connectivity index (χ4n) is 2.11. The zero-order valence-corrected chi connectivity index (χ0v) is 11.1. The molecule has 0 atom stereocenters. The van der Waals surface area contributed by atoms with Gasteiger partial charge < -0.3 is 9.80 Å². The van der Waals surface area contributed by atoms with Crippen LogP contribution in [0.5, 0.6) is 0 Å². The first-order valence-corrected chi connectivity index (χ1v) is 6.06. The number of rotatable bonds is 0. The smallest absolute Gasteiger partial charge is 0.159 e. The average molecular weight is 291 g/mol. The van der Waals surface area contributed by atoms with Crippen LogP contribution in [0.1, 0.15) is 0 Å². The Hall–Kier alpha value is -1.62. The van der Waals surface area contributed by atoms with Gasteiger partial charge in [0.15, 0.2) is 11.6 Å². The van der Waals surface area contributed by atoms with Crippen LogP contribution in [0.2, 0.25) is 0 Å². The molecule has 0 fully saturated rings. The van der Waals surface area contributed by atoms with Gasteiger partial charge >= 0.3 is 0 Å². The summed E-state index contributed by atoms with van der Waals surface area (Å²) in [5.41, 5.74) is 2.15. The van der Waals surface area contributed by atoms with Gasteiger partial charge in [0, 0.05) is 31.0 Å². The molecule has 0 spiro atoms. The molecule has 0 radical (unpaired) electrons. The van der Waals surface area contributed by atoms with Crippen molar-refractivity contribution >= 4 is 38.9 Å². The molecule has 0 saturated carbocycles. The second-order valence-electron chi connectivity index (χ2n) is 3.93. The van der Waals surface area contributed by atoms with Crippen molar-refractivity contribution in [3.63, 3.8) is 0 Å². The van der Waals surface area contributed by atoms with Crippen LogP contribution in [0.25, 0.3) is 0 Å². The Labute approximate surface area is 108 Å². The van der Waals surface area contributed by atoms with Gasteiger partial charge in [0.25, 0.3) is 0 Å². The lowest BCUT2D eigenvalue weighted by molar-refractivity contribution is 1.01. The molecule has 0 amide bonds. The summed E-state index contributed by atoms with van der Waals surface area (Å²) >= 11 is 3.57. The standard InChI is InChI=1S/C12H11BrN4/c1-16-9-4-3-6-14-11(9)17(2)12-10(16)8(13)5-7-15-12/h3-7H,1-2H3. The number of hydrogen-bond donors (Lipinski definition) is 0. The zero-order chi connectivity index (χ0) is 12.0. The predicted molar refractivity (Wildman–Crippen MR) is 72.3 cm³/mol. The summed E-state index contributed by atoms with van der Waals surface area (Å²) in [6.45, 7) is 0. The van der Waals surface area contributed by atoms with Crippen LogP contribution in [-0.4, -0.2) is 24.1 Å². The molecule has 4 nitrogen and oxygen atoms in total. The topological polar surface area (TPSA) is 32.3 Å². The lowest BCUT2D eigenvalue weighted by Gasteiger charge is -2.34. The van der Waals surface area contributed by atoms with E-state index in [-0.39, 0.29) is 0 Å². The van der Waals surface area contributed by atoms with Crippen molar-refractivity contribution < 1.29 is 0 Å². The Morgan fingerprint density at radius 3 is 2.59 bits per heavy atom. The number of pyridine rings is 2. The molecule has 1 aliphatic rings. The van der Waals surface area contributed by atoms with E-state index in [1.165, 1.54) is 0 Å². The first kappa shape index (κ1) is 10.5. The van der Waals surface area contributed by atoms with Crippen molar-refractivity contribution in [2.24, 2.45) is 0 Å². The SMILES string of the molecule is CN1c2ncccc2N(C)c2c(Br)ccnc21. The molecule has 0 bridgehead atoms. The van der Waals surface area contributed by atoms with Crippen molar-refractivity contribution in [1.29, 1.82) is 0 Å². The Kier molecular flexibility index (Phi) is 2.29. The van der Waals surface area contributed by atoms with Gasteiger partial charge in [-0.2, -0.15) is 0 Å². The van der Waals surface area contributed by atoms with Gasteiger partial charge in [-0.3, -0.25) is 0 Å². The third-order valence-electron chi connectivity index (χ3n) is 2.95. The highest BCUT2D eigenvalue weighted by molar-refractivity contribution is 9.10. The second kappa shape index (κ2) is 3.70. The molecule has 0 aliphatic carbocycles. The average Bonchev–Trinajstić information content (AvgIpc) is 2.36. The number of nitrogens with zero attached hydrogens (tertiary/aromatic N) is 4. The van der Waals surface area contributed by atoms with Crippen molar-refractivity contribution in [2.75, 3.05) is 23.9 Å². The third kappa shape index (κ3) is 1.42. The van der Waals surface area contributed by atoms with Gasteiger partial charge in [0.1, 0.15) is 0 Å². The Bertz CT molecular complexity index is 584. The summed E-state index contributed by atoms with van der Waals surface area (Å²) in [4.78, 5) is 12.9. The predicted octanol–water partition coefficient (Wildman–Crippen LogP) is 3.09. The van der Waals surface area contributed by atoms with E-state index in [2.05, 4.69) is 36.9 Å². The number of halogens is 1. The lowest BCUT2D eigenvalue weighted by Crippen LogP contribution is -2.26. The molecule has 5 heteroatoms. The van der Waals surface area contributed by atoms with Crippen molar-refractivity contribution in [1.82, 2.24) is 9.97 Å². The zero-order valence-electron chi connectivity index (χ0n) is 9.55. The molecule has 2 aromatic heterocycles. The summed E-state index contributed by atoms with van der Waals surface area (Å²) < 4.78 is 1.03. The third-order valence-corrected chi connectivity index (χ3v) is 3.59. The van der Waals surface area contributed by atoms with Crippen LogP contribution in [0.4, 0.5) is 23.0 Å². The normalized spacial score (nSPS) is 13.4. The molecular formula is C12H11BrN4. The Morgan fingerprint density at radius 2 is 1.76 bits per heavy atom. The van der Waals surface area contributed by atoms with E-state index in [1.54, 1.807) is 12.4 Å². The molecule has 0 unspecified atom stereocenters. The summed E-state index contributed by atoms with van der Waals surface area (Å²) in [6.07, 6.45) is 3.59. The van der Waals surface area contributed by atoms with Crippen molar-refractivity contribution in [2.45, 2.75) is 0 Å². The first-order valence-electron chi connectivity index (χ1n) is 5.27. The van der Waals surface area contributed by atoms with E-state index >= 15 is 0 Å². The van der Waals surface area contributed by atoms with E-state index in [4.69, 9.17) is 0 Å². The van der Waals surface area contributed by atoms with E-state index in [1.807, 2.05) is 31.1 Å². The second-order valence-corrected chi connectivity index (χ2v) is 4.78. The molecule has 86 valence electrons. The summed E-state index contributed by atoms with van der Waals surface area (Å²) in [7, 11) is 4.01. The quantitative estimate of drug-likeness (QED) is 0.746. The molecule has 2 aromatic rings. The fraction of sp³-hybridized carbons (Fsp3) is 0.167. The molecule has 3 rings (SSSR count). The molecule has 1 aliphatic heterocycles. The highest BCUT2D eigenvalue weighted by Gasteiger charge is 2.27. The molecule has 0 aromatic carbocycles. The fourth-order valence-corrected chi connectivity index (χ4v) is 2.67. The number of hydrogen-bond acceptors (Lipinski definition) is 4. The van der Waals surface area contributed by atoms with Crippen LogP contribution in [0.15, 0.2) is 35.1 Å². The first-order chi connectivity index (χ1) is 8.20. The monoisotopic (exact) mass is 290 g/mol. The van der Waals surface area contributed by atoms with Crippen LogP contribution < -0.4 is 9.80 Å². The maximum absolute atomic E-state index is 4.42. The number of anilines is 4. The van der Waals surface area contributed by atoms with Crippen LogP contribution in [0, 0.1) is 0 Å². The van der Waals surface area contributed by atoms with E-state index in [9.17, 15) is 0 Å². The Morgan fingerprint density at radius 1 is 1.00 bits per heavy atom. The highest BCUT2D eigenvalue weighted by Crippen LogP contribution is 2.46. The molecular weight excluding hydrogens is 280 g/mol. The van der Waals surface area contributed by atoms with E-state index in [0.717, 1.165) is 27.5 Å². The summed E-state index contributed by atoms with van der Waals surface area (Å²) in [6, 6.07) is 5.95. The van der Waals surface area contributed by atoms with Gasteiger partial charge in [-0.1, -0.05) is 0 Å². The molecule has 0 saturated heterocycles. The minimum absolute atomic E-state index is 0.910. The number of aromatic nitrogens is 2. The maximum Gasteiger partial charge on any atom is 0.159 e. The summed E-state index contributed by atoms with van der Waals surface area (Å²) in [5, 5.41) is 0. The minimum atomic E-state index is 0.910. The number of fused-ring (bicyclic) bond motifs is 2.